The van der Waals surface area contributed by atoms with Crippen LogP contribution >= 0.6 is 0 Å². The van der Waals surface area contributed by atoms with E-state index in [1.165, 1.54) is 10.9 Å². The number of rotatable bonds is 3. The highest BCUT2D eigenvalue weighted by Crippen LogP contribution is 2.35. The van der Waals surface area contributed by atoms with Crippen molar-refractivity contribution in [1.82, 2.24) is 10.3 Å². The molecule has 0 amide bonds. The van der Waals surface area contributed by atoms with Gasteiger partial charge in [0.1, 0.15) is 6.04 Å². The Kier molecular flexibility index (Phi) is 4.06. The molecule has 0 saturated heterocycles. The van der Waals surface area contributed by atoms with Crippen LogP contribution in [0.3, 0.4) is 0 Å². The first-order chi connectivity index (χ1) is 12.1. The molecule has 0 unspecified atom stereocenters. The molecular formula is C21H22N2O2. The Bertz CT molecular complexity index is 899. The molecule has 0 bridgehead atoms. The van der Waals surface area contributed by atoms with Crippen LogP contribution in [-0.4, -0.2) is 23.1 Å². The SMILES string of the molecule is CC(C)OC(=O)[C@@H]1Cc2c([nH]c3ccccc23)[C@@H](c2ccccc2)N1. The lowest BCUT2D eigenvalue weighted by atomic mass is 9.90. The predicted octanol–water partition coefficient (Wildman–Crippen LogP) is 3.72. The van der Waals surface area contributed by atoms with E-state index in [0.29, 0.717) is 6.42 Å². The molecule has 4 nitrogen and oxygen atoms in total. The van der Waals surface area contributed by atoms with Gasteiger partial charge in [-0.15, -0.1) is 0 Å². The Morgan fingerprint density at radius 2 is 1.80 bits per heavy atom. The van der Waals surface area contributed by atoms with E-state index in [-0.39, 0.29) is 24.2 Å². The van der Waals surface area contributed by atoms with Crippen molar-refractivity contribution >= 4 is 16.9 Å². The van der Waals surface area contributed by atoms with E-state index in [2.05, 4.69) is 34.6 Å². The minimum Gasteiger partial charge on any atom is -0.462 e. The Hall–Kier alpha value is -2.59. The van der Waals surface area contributed by atoms with Gasteiger partial charge in [0.25, 0.3) is 0 Å². The lowest BCUT2D eigenvalue weighted by molar-refractivity contribution is -0.150. The van der Waals surface area contributed by atoms with Gasteiger partial charge in [0.05, 0.1) is 12.1 Å². The summed E-state index contributed by atoms with van der Waals surface area (Å²) < 4.78 is 5.47. The fourth-order valence-corrected chi connectivity index (χ4v) is 3.61. The van der Waals surface area contributed by atoms with Crippen molar-refractivity contribution in [2.24, 2.45) is 0 Å². The molecule has 0 radical (unpaired) electrons. The number of esters is 1. The molecule has 0 spiro atoms. The molecule has 4 rings (SSSR count). The normalized spacial score (nSPS) is 19.8. The molecule has 1 aliphatic rings. The van der Waals surface area contributed by atoms with E-state index in [0.717, 1.165) is 16.8 Å². The van der Waals surface area contributed by atoms with Gasteiger partial charge < -0.3 is 9.72 Å². The van der Waals surface area contributed by atoms with Crippen molar-refractivity contribution in [3.8, 4) is 0 Å². The largest absolute Gasteiger partial charge is 0.462 e. The summed E-state index contributed by atoms with van der Waals surface area (Å²) in [6.07, 6.45) is 0.516. The maximum atomic E-state index is 12.6. The Labute approximate surface area is 147 Å². The van der Waals surface area contributed by atoms with Gasteiger partial charge in [0, 0.05) is 23.0 Å². The van der Waals surface area contributed by atoms with E-state index in [1.54, 1.807) is 0 Å². The molecular weight excluding hydrogens is 312 g/mol. The third-order valence-corrected chi connectivity index (χ3v) is 4.68. The van der Waals surface area contributed by atoms with Crippen LogP contribution in [0, 0.1) is 0 Å². The molecule has 1 aromatic heterocycles. The number of aromatic nitrogens is 1. The van der Waals surface area contributed by atoms with Crippen LogP contribution in [0.5, 0.6) is 0 Å². The molecule has 0 saturated carbocycles. The van der Waals surface area contributed by atoms with Crippen molar-refractivity contribution in [1.29, 1.82) is 0 Å². The molecule has 3 aromatic rings. The fraction of sp³-hybridized carbons (Fsp3) is 0.286. The number of hydrogen-bond donors (Lipinski definition) is 2. The Morgan fingerprint density at radius 1 is 1.08 bits per heavy atom. The van der Waals surface area contributed by atoms with Gasteiger partial charge in [-0.2, -0.15) is 0 Å². The predicted molar refractivity (Wildman–Crippen MR) is 98.4 cm³/mol. The van der Waals surface area contributed by atoms with E-state index >= 15 is 0 Å². The molecule has 2 aromatic carbocycles. The number of aromatic amines is 1. The van der Waals surface area contributed by atoms with Crippen molar-refractivity contribution in [3.63, 3.8) is 0 Å². The second-order valence-electron chi connectivity index (χ2n) is 6.82. The lowest BCUT2D eigenvalue weighted by Gasteiger charge is -2.31. The van der Waals surface area contributed by atoms with Crippen LogP contribution in [0.4, 0.5) is 0 Å². The minimum atomic E-state index is -0.348. The molecule has 25 heavy (non-hydrogen) atoms. The summed E-state index contributed by atoms with van der Waals surface area (Å²) in [4.78, 5) is 16.1. The summed E-state index contributed by atoms with van der Waals surface area (Å²) in [5.74, 6) is -0.188. The minimum absolute atomic E-state index is 0.0536. The van der Waals surface area contributed by atoms with Crippen LogP contribution < -0.4 is 5.32 Å². The van der Waals surface area contributed by atoms with E-state index in [9.17, 15) is 4.79 Å². The summed E-state index contributed by atoms with van der Waals surface area (Å²) in [6, 6.07) is 18.1. The van der Waals surface area contributed by atoms with Gasteiger partial charge in [-0.05, 0) is 31.0 Å². The van der Waals surface area contributed by atoms with Crippen LogP contribution in [0.1, 0.15) is 36.7 Å². The molecule has 2 atom stereocenters. The maximum Gasteiger partial charge on any atom is 0.323 e. The van der Waals surface area contributed by atoms with Crippen molar-refractivity contribution < 1.29 is 9.53 Å². The molecule has 0 fully saturated rings. The van der Waals surface area contributed by atoms with Gasteiger partial charge >= 0.3 is 5.97 Å². The first-order valence-electron chi connectivity index (χ1n) is 8.74. The van der Waals surface area contributed by atoms with Gasteiger partial charge in [-0.3, -0.25) is 10.1 Å². The Morgan fingerprint density at radius 3 is 2.56 bits per heavy atom. The number of carbonyl (C=O) groups excluding carboxylic acids is 1. The number of para-hydroxylation sites is 1. The molecule has 2 heterocycles. The van der Waals surface area contributed by atoms with Crippen LogP contribution in [0.25, 0.3) is 10.9 Å². The molecule has 0 aliphatic carbocycles. The standard InChI is InChI=1S/C21H22N2O2/c1-13(2)25-21(24)18-12-16-15-10-6-7-11-17(15)22-20(16)19(23-18)14-8-4-3-5-9-14/h3-11,13,18-19,22-23H,12H2,1-2H3/t18-,19+/m0/s1. The summed E-state index contributed by atoms with van der Waals surface area (Å²) >= 11 is 0. The number of carbonyl (C=O) groups is 1. The molecule has 128 valence electrons. The summed E-state index contributed by atoms with van der Waals surface area (Å²) in [5, 5.41) is 4.67. The smallest absolute Gasteiger partial charge is 0.323 e. The molecule has 2 N–H and O–H groups in total. The monoisotopic (exact) mass is 334 g/mol. The summed E-state index contributed by atoms with van der Waals surface area (Å²) in [6.45, 7) is 3.76. The zero-order chi connectivity index (χ0) is 17.4. The van der Waals surface area contributed by atoms with Gasteiger partial charge in [-0.25, -0.2) is 0 Å². The van der Waals surface area contributed by atoms with E-state index < -0.39 is 0 Å². The van der Waals surface area contributed by atoms with E-state index in [4.69, 9.17) is 4.74 Å². The van der Waals surface area contributed by atoms with E-state index in [1.807, 2.05) is 44.2 Å². The first-order valence-corrected chi connectivity index (χ1v) is 8.74. The lowest BCUT2D eigenvalue weighted by Crippen LogP contribution is -2.46. The first kappa shape index (κ1) is 15.9. The maximum absolute atomic E-state index is 12.6. The zero-order valence-corrected chi connectivity index (χ0v) is 14.5. The summed E-state index contributed by atoms with van der Waals surface area (Å²) in [5.41, 5.74) is 4.58. The second kappa shape index (κ2) is 6.37. The second-order valence-corrected chi connectivity index (χ2v) is 6.82. The third kappa shape index (κ3) is 2.94. The van der Waals surface area contributed by atoms with Gasteiger partial charge in [0.15, 0.2) is 0 Å². The van der Waals surface area contributed by atoms with Crippen LogP contribution in [0.2, 0.25) is 0 Å². The zero-order valence-electron chi connectivity index (χ0n) is 14.5. The van der Waals surface area contributed by atoms with Gasteiger partial charge in [0.2, 0.25) is 0 Å². The van der Waals surface area contributed by atoms with Gasteiger partial charge in [-0.1, -0.05) is 48.5 Å². The number of ether oxygens (including phenoxy) is 1. The highest BCUT2D eigenvalue weighted by molar-refractivity contribution is 5.87. The molecule has 4 heteroatoms. The fourth-order valence-electron chi connectivity index (χ4n) is 3.61. The summed E-state index contributed by atoms with van der Waals surface area (Å²) in [7, 11) is 0. The van der Waals surface area contributed by atoms with Crippen molar-refractivity contribution in [2.45, 2.75) is 38.5 Å². The molecule has 1 aliphatic heterocycles. The van der Waals surface area contributed by atoms with Crippen LogP contribution in [0.15, 0.2) is 54.6 Å². The Balaban J connectivity index is 1.80. The highest BCUT2D eigenvalue weighted by atomic mass is 16.5. The number of benzene rings is 2. The average molecular weight is 334 g/mol. The van der Waals surface area contributed by atoms with Crippen molar-refractivity contribution in [3.05, 3.63) is 71.4 Å². The topological polar surface area (TPSA) is 54.1 Å². The number of fused-ring (bicyclic) bond motifs is 3. The third-order valence-electron chi connectivity index (χ3n) is 4.68. The quantitative estimate of drug-likeness (QED) is 0.718. The van der Waals surface area contributed by atoms with Crippen LogP contribution in [-0.2, 0) is 16.0 Å². The number of nitrogens with one attached hydrogen (secondary N) is 2. The van der Waals surface area contributed by atoms with Crippen molar-refractivity contribution in [2.75, 3.05) is 0 Å². The number of hydrogen-bond acceptors (Lipinski definition) is 3. The highest BCUT2D eigenvalue weighted by Gasteiger charge is 2.34. The average Bonchev–Trinajstić information content (AvgIpc) is 3.00. The number of H-pyrrole nitrogens is 1.